The lowest BCUT2D eigenvalue weighted by atomic mass is 10.0. The van der Waals surface area contributed by atoms with Crippen LogP contribution >= 0.6 is 11.6 Å². The van der Waals surface area contributed by atoms with Crippen molar-refractivity contribution < 1.29 is 0 Å². The largest absolute Gasteiger partial charge is 0.122 e. The van der Waals surface area contributed by atoms with Gasteiger partial charge in [0.1, 0.15) is 0 Å². The molecule has 0 N–H and O–H groups in total. The van der Waals surface area contributed by atoms with E-state index in [1.807, 2.05) is 6.08 Å². The van der Waals surface area contributed by atoms with Gasteiger partial charge in [-0.1, -0.05) is 24.3 Å². The van der Waals surface area contributed by atoms with Gasteiger partial charge in [0.2, 0.25) is 0 Å². The van der Waals surface area contributed by atoms with Gasteiger partial charge in [-0.2, -0.15) is 0 Å². The molecule has 1 aromatic carbocycles. The molecule has 67 valence electrons. The minimum atomic E-state index is 0.181. The van der Waals surface area contributed by atoms with E-state index in [-0.39, 0.29) is 5.38 Å². The van der Waals surface area contributed by atoms with Crippen LogP contribution in [0, 0.1) is 6.42 Å². The van der Waals surface area contributed by atoms with Crippen LogP contribution in [0.25, 0.3) is 0 Å². The highest BCUT2D eigenvalue weighted by Crippen LogP contribution is 2.30. The molecule has 1 aromatic rings. The first-order chi connectivity index (χ1) is 6.31. The molecule has 1 atom stereocenters. The molecule has 0 bridgehead atoms. The lowest BCUT2D eigenvalue weighted by molar-refractivity contribution is 1.02. The number of halogens is 1. The predicted molar refractivity (Wildman–Crippen MR) is 57.1 cm³/mol. The van der Waals surface area contributed by atoms with E-state index in [0.717, 1.165) is 12.8 Å². The fourth-order valence-electron chi connectivity index (χ4n) is 1.86. The first-order valence-corrected chi connectivity index (χ1v) is 4.95. The molecule has 2 rings (SSSR count). The summed E-state index contributed by atoms with van der Waals surface area (Å²) in [6.45, 7) is 3.76. The zero-order chi connectivity index (χ0) is 9.26. The zero-order valence-corrected chi connectivity index (χ0v) is 8.22. The van der Waals surface area contributed by atoms with E-state index in [0.29, 0.717) is 0 Å². The molecule has 0 aliphatic heterocycles. The average molecular weight is 192 g/mol. The van der Waals surface area contributed by atoms with Gasteiger partial charge in [0.15, 0.2) is 0 Å². The van der Waals surface area contributed by atoms with Crippen molar-refractivity contribution in [3.05, 3.63) is 54.0 Å². The molecule has 0 fully saturated rings. The molecule has 1 radical (unpaired) electrons. The van der Waals surface area contributed by atoms with Gasteiger partial charge in [0, 0.05) is 11.8 Å². The normalized spacial score (nSPS) is 19.9. The average Bonchev–Trinajstić information content (AvgIpc) is 2.47. The van der Waals surface area contributed by atoms with Gasteiger partial charge in [-0.25, -0.2) is 0 Å². The molecule has 0 spiro atoms. The summed E-state index contributed by atoms with van der Waals surface area (Å²) in [6.07, 6.45) is 5.99. The molecule has 0 nitrogen and oxygen atoms in total. The number of benzene rings is 1. The highest BCUT2D eigenvalue weighted by molar-refractivity contribution is 6.22. The third-order valence-corrected chi connectivity index (χ3v) is 2.71. The summed E-state index contributed by atoms with van der Waals surface area (Å²) in [6, 6.07) is 6.37. The van der Waals surface area contributed by atoms with Crippen LogP contribution in [0.4, 0.5) is 0 Å². The highest BCUT2D eigenvalue weighted by atomic mass is 35.5. The Morgan fingerprint density at radius 3 is 3.15 bits per heavy atom. The first-order valence-electron chi connectivity index (χ1n) is 4.52. The van der Waals surface area contributed by atoms with Crippen molar-refractivity contribution in [2.45, 2.75) is 18.2 Å². The SMILES string of the molecule is C=CCc1cccc2c1CC(Cl)[CH]2. The molecule has 0 amide bonds. The van der Waals surface area contributed by atoms with E-state index in [2.05, 4.69) is 31.2 Å². The summed E-state index contributed by atoms with van der Waals surface area (Å²) < 4.78 is 0. The van der Waals surface area contributed by atoms with E-state index in [1.165, 1.54) is 16.7 Å². The second-order valence-corrected chi connectivity index (χ2v) is 3.93. The molecule has 1 aliphatic carbocycles. The van der Waals surface area contributed by atoms with Crippen LogP contribution in [0.1, 0.15) is 16.7 Å². The van der Waals surface area contributed by atoms with Gasteiger partial charge in [0.25, 0.3) is 0 Å². The number of hydrogen-bond acceptors (Lipinski definition) is 0. The van der Waals surface area contributed by atoms with Crippen molar-refractivity contribution in [2.24, 2.45) is 0 Å². The molecule has 1 heteroatoms. The molecule has 0 aromatic heterocycles. The number of rotatable bonds is 2. The Morgan fingerprint density at radius 2 is 2.38 bits per heavy atom. The Labute approximate surface area is 84.2 Å². The van der Waals surface area contributed by atoms with Crippen molar-refractivity contribution in [1.82, 2.24) is 0 Å². The van der Waals surface area contributed by atoms with E-state index >= 15 is 0 Å². The Bertz CT molecular complexity index is 328. The third kappa shape index (κ3) is 1.64. The summed E-state index contributed by atoms with van der Waals surface area (Å²) in [5, 5.41) is 0.181. The lowest BCUT2D eigenvalue weighted by Gasteiger charge is -2.04. The number of alkyl halides is 1. The van der Waals surface area contributed by atoms with Gasteiger partial charge in [-0.3, -0.25) is 0 Å². The van der Waals surface area contributed by atoms with Crippen molar-refractivity contribution in [1.29, 1.82) is 0 Å². The van der Waals surface area contributed by atoms with E-state index < -0.39 is 0 Å². The van der Waals surface area contributed by atoms with Crippen LogP contribution in [0.3, 0.4) is 0 Å². The Kier molecular flexibility index (Phi) is 2.41. The smallest absolute Gasteiger partial charge is 0.0451 e. The molecule has 13 heavy (non-hydrogen) atoms. The Hall–Kier alpha value is -0.750. The topological polar surface area (TPSA) is 0 Å². The van der Waals surface area contributed by atoms with Crippen molar-refractivity contribution in [3.8, 4) is 0 Å². The molecule has 0 heterocycles. The minimum Gasteiger partial charge on any atom is -0.122 e. The molecular formula is C12H12Cl. The first kappa shape index (κ1) is 8.83. The maximum Gasteiger partial charge on any atom is 0.0451 e. The summed E-state index contributed by atoms with van der Waals surface area (Å²) in [5.74, 6) is 0. The number of allylic oxidation sites excluding steroid dienone is 1. The second kappa shape index (κ2) is 3.55. The molecular weight excluding hydrogens is 180 g/mol. The second-order valence-electron chi connectivity index (χ2n) is 3.36. The number of fused-ring (bicyclic) bond motifs is 1. The van der Waals surface area contributed by atoms with Crippen LogP contribution in [0.15, 0.2) is 30.9 Å². The van der Waals surface area contributed by atoms with Crippen molar-refractivity contribution in [2.75, 3.05) is 0 Å². The molecule has 1 aliphatic rings. The highest BCUT2D eigenvalue weighted by Gasteiger charge is 2.21. The Balaban J connectivity index is 2.39. The third-order valence-electron chi connectivity index (χ3n) is 2.43. The van der Waals surface area contributed by atoms with E-state index in [1.54, 1.807) is 0 Å². The van der Waals surface area contributed by atoms with Crippen molar-refractivity contribution >= 4 is 11.6 Å². The van der Waals surface area contributed by atoms with Crippen LogP contribution in [-0.4, -0.2) is 5.38 Å². The number of hydrogen-bond donors (Lipinski definition) is 0. The molecule has 0 saturated heterocycles. The summed E-state index contributed by atoms with van der Waals surface area (Å²) >= 11 is 6.07. The van der Waals surface area contributed by atoms with Crippen molar-refractivity contribution in [3.63, 3.8) is 0 Å². The standard InChI is InChI=1S/C12H12Cl/c1-2-4-9-5-3-6-10-7-11(13)8-12(9)10/h2-3,5-7,11H,1,4,8H2. The van der Waals surface area contributed by atoms with Gasteiger partial charge >= 0.3 is 0 Å². The van der Waals surface area contributed by atoms with Crippen LogP contribution in [0.2, 0.25) is 0 Å². The van der Waals surface area contributed by atoms with Gasteiger partial charge in [-0.15, -0.1) is 18.2 Å². The quantitative estimate of drug-likeness (QED) is 0.498. The van der Waals surface area contributed by atoms with Gasteiger partial charge < -0.3 is 0 Å². The molecule has 0 saturated carbocycles. The van der Waals surface area contributed by atoms with Crippen LogP contribution in [-0.2, 0) is 12.8 Å². The van der Waals surface area contributed by atoms with E-state index in [4.69, 9.17) is 11.6 Å². The van der Waals surface area contributed by atoms with E-state index in [9.17, 15) is 0 Å². The summed E-state index contributed by atoms with van der Waals surface area (Å²) in [4.78, 5) is 0. The lowest BCUT2D eigenvalue weighted by Crippen LogP contribution is -1.94. The van der Waals surface area contributed by atoms with Gasteiger partial charge in [-0.05, 0) is 29.5 Å². The Morgan fingerprint density at radius 1 is 1.54 bits per heavy atom. The summed E-state index contributed by atoms with van der Waals surface area (Å²) in [7, 11) is 0. The maximum absolute atomic E-state index is 6.07. The predicted octanol–water partition coefficient (Wildman–Crippen LogP) is 3.13. The molecule has 1 unspecified atom stereocenters. The van der Waals surface area contributed by atoms with Crippen LogP contribution in [0.5, 0.6) is 0 Å². The van der Waals surface area contributed by atoms with Crippen LogP contribution < -0.4 is 0 Å². The zero-order valence-electron chi connectivity index (χ0n) is 7.46. The fraction of sp³-hybridized carbons (Fsp3) is 0.250. The summed E-state index contributed by atoms with van der Waals surface area (Å²) in [5.41, 5.74) is 4.08. The minimum absolute atomic E-state index is 0.181. The maximum atomic E-state index is 6.07. The van der Waals surface area contributed by atoms with Gasteiger partial charge in [0.05, 0.1) is 0 Å². The fourth-order valence-corrected chi connectivity index (χ4v) is 2.15. The monoisotopic (exact) mass is 191 g/mol.